The zero-order valence-corrected chi connectivity index (χ0v) is 19.7. The molecule has 1 fully saturated rings. The minimum absolute atomic E-state index is 0.148. The van der Waals surface area contributed by atoms with Crippen LogP contribution in [0.15, 0.2) is 64.8 Å². The predicted octanol–water partition coefficient (Wildman–Crippen LogP) is 5.09. The molecule has 0 aliphatic carbocycles. The Balaban J connectivity index is 1.40. The quantitative estimate of drug-likeness (QED) is 0.245. The molecule has 1 saturated heterocycles. The van der Waals surface area contributed by atoms with Crippen LogP contribution >= 0.6 is 0 Å². The van der Waals surface area contributed by atoms with Gasteiger partial charge in [0.05, 0.1) is 5.69 Å². The maximum Gasteiger partial charge on any atom is 0.321 e. The van der Waals surface area contributed by atoms with Crippen molar-refractivity contribution in [2.75, 3.05) is 19.7 Å². The number of benzene rings is 1. The SMILES string of the molecule is CCO/N=C(\c1ccc(F)c(F)c1)c1ccc(CN2CCC(c3ccn(C(F)F)c(=O)c3)CC2)cn1. The van der Waals surface area contributed by atoms with Crippen LogP contribution in [-0.4, -0.2) is 39.9 Å². The van der Waals surface area contributed by atoms with Crippen LogP contribution in [-0.2, 0) is 11.4 Å². The molecule has 1 aliphatic heterocycles. The van der Waals surface area contributed by atoms with E-state index in [4.69, 9.17) is 4.84 Å². The van der Waals surface area contributed by atoms with Crippen LogP contribution in [0.5, 0.6) is 0 Å². The Kier molecular flexibility index (Phi) is 8.14. The molecule has 0 unspecified atom stereocenters. The van der Waals surface area contributed by atoms with Gasteiger partial charge in [0, 0.05) is 30.6 Å². The van der Waals surface area contributed by atoms with Gasteiger partial charge < -0.3 is 4.84 Å². The molecular formula is C26H26F4N4O2. The lowest BCUT2D eigenvalue weighted by atomic mass is 9.90. The number of hydrogen-bond acceptors (Lipinski definition) is 5. The molecule has 0 amide bonds. The highest BCUT2D eigenvalue weighted by atomic mass is 19.3. The van der Waals surface area contributed by atoms with Crippen LogP contribution in [0.1, 0.15) is 54.6 Å². The topological polar surface area (TPSA) is 59.7 Å². The maximum absolute atomic E-state index is 13.8. The van der Waals surface area contributed by atoms with Gasteiger partial charge in [-0.1, -0.05) is 11.2 Å². The van der Waals surface area contributed by atoms with Crippen molar-refractivity contribution in [1.29, 1.82) is 0 Å². The van der Waals surface area contributed by atoms with E-state index in [1.165, 1.54) is 12.1 Å². The number of aromatic nitrogens is 2. The molecule has 0 spiro atoms. The van der Waals surface area contributed by atoms with Crippen molar-refractivity contribution in [3.8, 4) is 0 Å². The number of rotatable bonds is 8. The Bertz CT molecular complexity index is 1270. The summed E-state index contributed by atoms with van der Waals surface area (Å²) in [5.41, 5.74) is 2.20. The molecule has 6 nitrogen and oxygen atoms in total. The number of likely N-dealkylation sites (tertiary alicyclic amines) is 1. The van der Waals surface area contributed by atoms with Crippen LogP contribution < -0.4 is 5.56 Å². The molecular weight excluding hydrogens is 476 g/mol. The average Bonchev–Trinajstić information content (AvgIpc) is 2.87. The number of nitrogens with zero attached hydrogens (tertiary/aromatic N) is 4. The fourth-order valence-corrected chi connectivity index (χ4v) is 4.28. The van der Waals surface area contributed by atoms with E-state index >= 15 is 0 Å². The molecule has 1 aromatic carbocycles. The number of oxime groups is 1. The fourth-order valence-electron chi connectivity index (χ4n) is 4.28. The third-order valence-electron chi connectivity index (χ3n) is 6.19. The second-order valence-electron chi connectivity index (χ2n) is 8.57. The standard InChI is InChI=1S/C26H26F4N4O2/c1-2-36-32-25(20-4-5-21(27)22(28)13-20)23-6-3-17(15-31-23)16-33-10-7-18(8-11-33)19-9-12-34(26(29)30)24(35)14-19/h3-6,9,12-15,18,26H,2,7-8,10-11,16H2,1H3/b32-25+. The summed E-state index contributed by atoms with van der Waals surface area (Å²) in [6, 6.07) is 10.1. The number of alkyl halides is 2. The molecule has 0 bridgehead atoms. The Morgan fingerprint density at radius 2 is 1.89 bits per heavy atom. The number of hydrogen-bond donors (Lipinski definition) is 0. The van der Waals surface area contributed by atoms with Crippen LogP contribution in [0.3, 0.4) is 0 Å². The normalized spacial score (nSPS) is 15.4. The van der Waals surface area contributed by atoms with Gasteiger partial charge in [0.2, 0.25) is 0 Å². The van der Waals surface area contributed by atoms with Gasteiger partial charge in [-0.15, -0.1) is 0 Å². The average molecular weight is 503 g/mol. The van der Waals surface area contributed by atoms with Crippen molar-refractivity contribution < 1.29 is 22.4 Å². The largest absolute Gasteiger partial charge is 0.396 e. The van der Waals surface area contributed by atoms with Gasteiger partial charge in [-0.25, -0.2) is 8.78 Å². The summed E-state index contributed by atoms with van der Waals surface area (Å²) >= 11 is 0. The van der Waals surface area contributed by atoms with E-state index in [1.54, 1.807) is 25.3 Å². The monoisotopic (exact) mass is 502 g/mol. The summed E-state index contributed by atoms with van der Waals surface area (Å²) in [7, 11) is 0. The van der Waals surface area contributed by atoms with E-state index in [2.05, 4.69) is 15.0 Å². The van der Waals surface area contributed by atoms with Crippen molar-refractivity contribution in [1.82, 2.24) is 14.5 Å². The van der Waals surface area contributed by atoms with E-state index in [1.807, 2.05) is 6.07 Å². The highest BCUT2D eigenvalue weighted by Crippen LogP contribution is 2.28. The van der Waals surface area contributed by atoms with Gasteiger partial charge in [0.15, 0.2) is 11.6 Å². The Morgan fingerprint density at radius 3 is 2.50 bits per heavy atom. The van der Waals surface area contributed by atoms with Crippen LogP contribution in [0.4, 0.5) is 17.6 Å². The lowest BCUT2D eigenvalue weighted by molar-refractivity contribution is 0.0662. The van der Waals surface area contributed by atoms with E-state index < -0.39 is 23.7 Å². The highest BCUT2D eigenvalue weighted by Gasteiger charge is 2.22. The third kappa shape index (κ3) is 5.99. The zero-order valence-electron chi connectivity index (χ0n) is 19.7. The van der Waals surface area contributed by atoms with Crippen molar-refractivity contribution >= 4 is 5.71 Å². The molecule has 2 aromatic heterocycles. The number of halogens is 4. The van der Waals surface area contributed by atoms with E-state index in [9.17, 15) is 22.4 Å². The first-order valence-electron chi connectivity index (χ1n) is 11.7. The Labute approximate surface area is 205 Å². The van der Waals surface area contributed by atoms with Crippen LogP contribution in [0.25, 0.3) is 0 Å². The van der Waals surface area contributed by atoms with Gasteiger partial charge in [-0.3, -0.25) is 19.2 Å². The number of piperidine rings is 1. The highest BCUT2D eigenvalue weighted by molar-refractivity contribution is 6.11. The molecule has 4 rings (SSSR count). The molecule has 10 heteroatoms. The van der Waals surface area contributed by atoms with Crippen LogP contribution in [0, 0.1) is 11.6 Å². The van der Waals surface area contributed by atoms with Crippen molar-refractivity contribution in [2.24, 2.45) is 5.16 Å². The Morgan fingerprint density at radius 1 is 1.11 bits per heavy atom. The molecule has 0 radical (unpaired) electrons. The van der Waals surface area contributed by atoms with E-state index in [0.29, 0.717) is 34.7 Å². The second-order valence-corrected chi connectivity index (χ2v) is 8.57. The first kappa shape index (κ1) is 25.6. The maximum atomic E-state index is 13.8. The van der Waals surface area contributed by atoms with Gasteiger partial charge in [0.25, 0.3) is 5.56 Å². The summed E-state index contributed by atoms with van der Waals surface area (Å²) < 4.78 is 53.2. The summed E-state index contributed by atoms with van der Waals surface area (Å²) in [6.45, 7) is 1.48. The summed E-state index contributed by atoms with van der Waals surface area (Å²) in [5, 5.41) is 4.05. The minimum Gasteiger partial charge on any atom is -0.396 e. The van der Waals surface area contributed by atoms with Crippen LogP contribution in [0.2, 0.25) is 0 Å². The minimum atomic E-state index is -2.84. The zero-order chi connectivity index (χ0) is 25.7. The fraction of sp³-hybridized carbons (Fsp3) is 0.346. The van der Waals surface area contributed by atoms with Gasteiger partial charge in [-0.05, 0) is 80.2 Å². The molecule has 36 heavy (non-hydrogen) atoms. The summed E-state index contributed by atoms with van der Waals surface area (Å²) in [5.74, 6) is -1.78. The second kappa shape index (κ2) is 11.5. The molecule has 190 valence electrons. The number of pyridine rings is 2. The summed E-state index contributed by atoms with van der Waals surface area (Å²) in [4.78, 5) is 23.8. The molecule has 3 aromatic rings. The lowest BCUT2D eigenvalue weighted by Crippen LogP contribution is -2.33. The lowest BCUT2D eigenvalue weighted by Gasteiger charge is -2.32. The smallest absolute Gasteiger partial charge is 0.321 e. The first-order chi connectivity index (χ1) is 17.4. The van der Waals surface area contributed by atoms with E-state index in [-0.39, 0.29) is 5.92 Å². The Hall–Kier alpha value is -3.53. The van der Waals surface area contributed by atoms with Crippen molar-refractivity contribution in [3.63, 3.8) is 0 Å². The molecule has 0 N–H and O–H groups in total. The van der Waals surface area contributed by atoms with E-state index in [0.717, 1.165) is 55.4 Å². The summed E-state index contributed by atoms with van der Waals surface area (Å²) in [6.07, 6.45) is 4.49. The van der Waals surface area contributed by atoms with Gasteiger partial charge >= 0.3 is 6.55 Å². The first-order valence-corrected chi connectivity index (χ1v) is 11.7. The molecule has 0 saturated carbocycles. The predicted molar refractivity (Wildman–Crippen MR) is 127 cm³/mol. The van der Waals surface area contributed by atoms with Gasteiger partial charge in [-0.2, -0.15) is 8.78 Å². The van der Waals surface area contributed by atoms with Crippen molar-refractivity contribution in [3.05, 3.63) is 99.2 Å². The van der Waals surface area contributed by atoms with Gasteiger partial charge in [0.1, 0.15) is 12.3 Å². The molecule has 1 aliphatic rings. The third-order valence-corrected chi connectivity index (χ3v) is 6.19. The van der Waals surface area contributed by atoms with Crippen molar-refractivity contribution in [2.45, 2.75) is 38.8 Å². The molecule has 0 atom stereocenters. The molecule has 3 heterocycles.